The molecule has 1 rings (SSSR count). The third-order valence-corrected chi connectivity index (χ3v) is 2.76. The van der Waals surface area contributed by atoms with Gasteiger partial charge < -0.3 is 10.1 Å². The number of imide groups is 1. The molecule has 0 radical (unpaired) electrons. The van der Waals surface area contributed by atoms with Gasteiger partial charge in [0.2, 0.25) is 0 Å². The second-order valence-electron chi connectivity index (χ2n) is 6.20. The van der Waals surface area contributed by atoms with Gasteiger partial charge in [0.05, 0.1) is 6.42 Å². The first kappa shape index (κ1) is 19.3. The van der Waals surface area contributed by atoms with E-state index in [4.69, 9.17) is 4.74 Å². The van der Waals surface area contributed by atoms with Crippen LogP contribution in [0.4, 0.5) is 4.79 Å². The fraction of sp³-hybridized carbons (Fsp3) is 0.412. The lowest BCUT2D eigenvalue weighted by Crippen LogP contribution is -2.49. The van der Waals surface area contributed by atoms with Crippen molar-refractivity contribution in [1.29, 1.82) is 0 Å². The zero-order valence-corrected chi connectivity index (χ0v) is 14.0. The molecule has 0 aliphatic rings. The Kier molecular flexibility index (Phi) is 7.10. The topological polar surface area (TPSA) is 102 Å². The van der Waals surface area contributed by atoms with Crippen LogP contribution < -0.4 is 10.6 Å². The van der Waals surface area contributed by atoms with Gasteiger partial charge >= 0.3 is 12.0 Å². The number of esters is 1. The fourth-order valence-corrected chi connectivity index (χ4v) is 1.74. The summed E-state index contributed by atoms with van der Waals surface area (Å²) in [6.45, 7) is 4.72. The van der Waals surface area contributed by atoms with Gasteiger partial charge in [-0.3, -0.25) is 19.7 Å². The Morgan fingerprint density at radius 2 is 1.62 bits per heavy atom. The molecule has 1 aromatic rings. The minimum atomic E-state index is -0.737. The van der Waals surface area contributed by atoms with Gasteiger partial charge in [0, 0.05) is 17.5 Å². The average molecular weight is 334 g/mol. The molecular formula is C17H22N2O5. The molecular weight excluding hydrogens is 312 g/mol. The van der Waals surface area contributed by atoms with Gasteiger partial charge in [-0.1, -0.05) is 30.3 Å². The summed E-state index contributed by atoms with van der Waals surface area (Å²) in [7, 11) is 0. The first-order valence-corrected chi connectivity index (χ1v) is 7.53. The number of ketones is 1. The van der Waals surface area contributed by atoms with Crippen LogP contribution in [0.25, 0.3) is 0 Å². The van der Waals surface area contributed by atoms with Crippen LogP contribution in [0.5, 0.6) is 0 Å². The van der Waals surface area contributed by atoms with Crippen LogP contribution in [0, 0.1) is 0 Å². The Balaban J connectivity index is 2.27. The zero-order valence-electron chi connectivity index (χ0n) is 14.0. The van der Waals surface area contributed by atoms with E-state index in [9.17, 15) is 19.2 Å². The molecule has 0 saturated heterocycles. The molecule has 0 aliphatic carbocycles. The number of amides is 3. The van der Waals surface area contributed by atoms with Crippen molar-refractivity contribution in [2.75, 3.05) is 6.61 Å². The molecule has 0 heterocycles. The highest BCUT2D eigenvalue weighted by molar-refractivity contribution is 5.98. The maximum Gasteiger partial charge on any atom is 0.321 e. The first-order chi connectivity index (χ1) is 11.2. The molecule has 0 bridgehead atoms. The number of hydrogen-bond acceptors (Lipinski definition) is 5. The normalized spacial score (nSPS) is 10.6. The predicted molar refractivity (Wildman–Crippen MR) is 87.4 cm³/mol. The van der Waals surface area contributed by atoms with Gasteiger partial charge in [-0.2, -0.15) is 0 Å². The van der Waals surface area contributed by atoms with Gasteiger partial charge in [-0.05, 0) is 20.8 Å². The van der Waals surface area contributed by atoms with Crippen molar-refractivity contribution < 1.29 is 23.9 Å². The average Bonchev–Trinajstić information content (AvgIpc) is 2.49. The van der Waals surface area contributed by atoms with Gasteiger partial charge in [0.15, 0.2) is 12.4 Å². The Bertz CT molecular complexity index is 605. The number of carbonyl (C=O) groups is 4. The number of nitrogens with one attached hydrogen (secondary N) is 2. The summed E-state index contributed by atoms with van der Waals surface area (Å²) in [6.07, 6.45) is -0.135. The van der Waals surface area contributed by atoms with Gasteiger partial charge in [0.1, 0.15) is 0 Å². The minimum Gasteiger partial charge on any atom is -0.456 e. The summed E-state index contributed by atoms with van der Waals surface area (Å²) in [5.74, 6) is -1.59. The van der Waals surface area contributed by atoms with E-state index in [1.54, 1.807) is 51.1 Å². The fourth-order valence-electron chi connectivity index (χ4n) is 1.74. The quantitative estimate of drug-likeness (QED) is 0.610. The lowest BCUT2D eigenvalue weighted by molar-refractivity contribution is -0.148. The summed E-state index contributed by atoms with van der Waals surface area (Å²) < 4.78 is 4.74. The van der Waals surface area contributed by atoms with E-state index in [-0.39, 0.29) is 18.6 Å². The van der Waals surface area contributed by atoms with Gasteiger partial charge in [-0.15, -0.1) is 0 Å². The number of Topliss-reactive ketones (excluding diaryl/α,β-unsaturated/α-hetero) is 1. The second-order valence-corrected chi connectivity index (χ2v) is 6.20. The highest BCUT2D eigenvalue weighted by Crippen LogP contribution is 2.05. The van der Waals surface area contributed by atoms with Crippen molar-refractivity contribution in [3.8, 4) is 0 Å². The van der Waals surface area contributed by atoms with Crippen molar-refractivity contribution in [3.63, 3.8) is 0 Å². The molecule has 7 heteroatoms. The van der Waals surface area contributed by atoms with E-state index in [1.165, 1.54) is 0 Å². The Hall–Kier alpha value is -2.70. The second kappa shape index (κ2) is 8.81. The van der Waals surface area contributed by atoms with Crippen molar-refractivity contribution >= 4 is 23.7 Å². The Morgan fingerprint density at radius 3 is 2.21 bits per heavy atom. The molecule has 0 saturated carbocycles. The number of hydrogen-bond donors (Lipinski definition) is 2. The first-order valence-electron chi connectivity index (χ1n) is 7.53. The van der Waals surface area contributed by atoms with Crippen LogP contribution in [0.1, 0.15) is 44.0 Å². The van der Waals surface area contributed by atoms with Crippen molar-refractivity contribution in [3.05, 3.63) is 35.9 Å². The maximum absolute atomic E-state index is 11.8. The molecule has 0 fully saturated rings. The lowest BCUT2D eigenvalue weighted by Gasteiger charge is -2.20. The largest absolute Gasteiger partial charge is 0.456 e. The van der Waals surface area contributed by atoms with E-state index < -0.39 is 30.1 Å². The molecule has 0 aromatic heterocycles. The van der Waals surface area contributed by atoms with Crippen LogP contribution in [-0.2, 0) is 14.3 Å². The summed E-state index contributed by atoms with van der Waals surface area (Å²) in [5, 5.41) is 4.59. The van der Waals surface area contributed by atoms with E-state index >= 15 is 0 Å². The van der Waals surface area contributed by atoms with Crippen molar-refractivity contribution in [2.24, 2.45) is 0 Å². The van der Waals surface area contributed by atoms with Crippen LogP contribution in [0.15, 0.2) is 30.3 Å². The van der Waals surface area contributed by atoms with Crippen LogP contribution in [0.3, 0.4) is 0 Å². The smallest absolute Gasteiger partial charge is 0.321 e. The molecule has 130 valence electrons. The number of ether oxygens (including phenoxy) is 1. The third-order valence-electron chi connectivity index (χ3n) is 2.76. The molecule has 7 nitrogen and oxygen atoms in total. The maximum atomic E-state index is 11.8. The summed E-state index contributed by atoms with van der Waals surface area (Å²) in [6, 6.07) is 7.92. The molecule has 0 unspecified atom stereocenters. The lowest BCUT2D eigenvalue weighted by atomic mass is 10.1. The number of carbonyl (C=O) groups excluding carboxylic acids is 4. The van der Waals surface area contributed by atoms with E-state index in [0.29, 0.717) is 5.56 Å². The summed E-state index contributed by atoms with van der Waals surface area (Å²) in [5.41, 5.74) is 0.0284. The number of urea groups is 1. The van der Waals surface area contributed by atoms with Gasteiger partial charge in [0.25, 0.3) is 5.91 Å². The highest BCUT2D eigenvalue weighted by Gasteiger charge is 2.17. The minimum absolute atomic E-state index is 0.00498. The Morgan fingerprint density at radius 1 is 1.00 bits per heavy atom. The predicted octanol–water partition coefficient (Wildman–Crippen LogP) is 1.82. The molecule has 0 atom stereocenters. The Labute approximate surface area is 140 Å². The standard InChI is InChI=1S/C17H22N2O5/c1-17(2,3)19-16(23)18-14(21)11-24-15(22)10-9-13(20)12-7-5-4-6-8-12/h4-8H,9-11H2,1-3H3,(H2,18,19,21,23). The monoisotopic (exact) mass is 334 g/mol. The molecule has 24 heavy (non-hydrogen) atoms. The molecule has 0 aliphatic heterocycles. The highest BCUT2D eigenvalue weighted by atomic mass is 16.5. The van der Waals surface area contributed by atoms with E-state index in [1.807, 2.05) is 5.32 Å². The van der Waals surface area contributed by atoms with Gasteiger partial charge in [-0.25, -0.2) is 4.79 Å². The number of benzene rings is 1. The van der Waals surface area contributed by atoms with E-state index in [2.05, 4.69) is 5.32 Å². The molecule has 3 amide bonds. The molecule has 1 aromatic carbocycles. The number of rotatable bonds is 6. The van der Waals surface area contributed by atoms with Crippen molar-refractivity contribution in [2.45, 2.75) is 39.2 Å². The van der Waals surface area contributed by atoms with Crippen LogP contribution in [-0.4, -0.2) is 35.8 Å². The molecule has 2 N–H and O–H groups in total. The molecule has 0 spiro atoms. The summed E-state index contributed by atoms with van der Waals surface area (Å²) in [4.78, 5) is 46.3. The zero-order chi connectivity index (χ0) is 18.2. The van der Waals surface area contributed by atoms with E-state index in [0.717, 1.165) is 0 Å². The summed E-state index contributed by atoms with van der Waals surface area (Å²) >= 11 is 0. The SMILES string of the molecule is CC(C)(C)NC(=O)NC(=O)COC(=O)CCC(=O)c1ccccc1. The van der Waals surface area contributed by atoms with Crippen LogP contribution in [0.2, 0.25) is 0 Å². The van der Waals surface area contributed by atoms with Crippen molar-refractivity contribution in [1.82, 2.24) is 10.6 Å². The third kappa shape index (κ3) is 8.07. The van der Waals surface area contributed by atoms with Crippen LogP contribution >= 0.6 is 0 Å².